The highest BCUT2D eigenvalue weighted by Gasteiger charge is 2.09. The van der Waals surface area contributed by atoms with Gasteiger partial charge in [-0.1, -0.05) is 6.07 Å². The van der Waals surface area contributed by atoms with Crippen LogP contribution in [0.1, 0.15) is 36.2 Å². The first-order chi connectivity index (χ1) is 8.90. The monoisotopic (exact) mass is 281 g/mol. The van der Waals surface area contributed by atoms with Crippen molar-refractivity contribution in [2.45, 2.75) is 38.1 Å². The van der Waals surface area contributed by atoms with Crippen molar-refractivity contribution in [1.29, 1.82) is 0 Å². The lowest BCUT2D eigenvalue weighted by Gasteiger charge is -2.08. The van der Waals surface area contributed by atoms with Gasteiger partial charge in [-0.3, -0.25) is 4.79 Å². The van der Waals surface area contributed by atoms with Crippen LogP contribution >= 0.6 is 11.8 Å². The number of rotatable bonds is 6. The number of aryl methyl sites for hydroxylation is 1. The number of benzene rings is 1. The summed E-state index contributed by atoms with van der Waals surface area (Å²) in [5.74, 6) is -0.258. The van der Waals surface area contributed by atoms with E-state index in [1.807, 2.05) is 19.9 Å². The number of hydrogen-bond donors (Lipinski definition) is 2. The number of nitrogens with one attached hydrogen (secondary N) is 1. The summed E-state index contributed by atoms with van der Waals surface area (Å²) in [6.45, 7) is 5.61. The summed E-state index contributed by atoms with van der Waals surface area (Å²) in [6.07, 6.45) is 0.430. The third kappa shape index (κ3) is 5.34. The molecular formula is C14H19NO3S. The average molecular weight is 281 g/mol. The van der Waals surface area contributed by atoms with Crippen LogP contribution in [-0.4, -0.2) is 28.8 Å². The number of carboxylic acid groups (broad SMARTS) is 1. The Balaban J connectivity index is 2.52. The highest BCUT2D eigenvalue weighted by molar-refractivity contribution is 7.99. The van der Waals surface area contributed by atoms with Gasteiger partial charge in [0, 0.05) is 23.1 Å². The molecule has 1 aromatic carbocycles. The number of thioether (sulfide) groups is 1. The van der Waals surface area contributed by atoms with Crippen LogP contribution < -0.4 is 5.32 Å². The van der Waals surface area contributed by atoms with E-state index in [0.717, 1.165) is 10.5 Å². The number of carboxylic acids is 1. The molecule has 0 saturated carbocycles. The Morgan fingerprint density at radius 2 is 2.05 bits per heavy atom. The normalized spacial score (nSPS) is 10.5. The van der Waals surface area contributed by atoms with E-state index in [-0.39, 0.29) is 11.9 Å². The highest BCUT2D eigenvalue weighted by Crippen LogP contribution is 2.22. The van der Waals surface area contributed by atoms with Crippen molar-refractivity contribution < 1.29 is 14.7 Å². The molecule has 0 aliphatic heterocycles. The quantitative estimate of drug-likeness (QED) is 0.787. The molecule has 0 atom stereocenters. The zero-order chi connectivity index (χ0) is 14.4. The predicted molar refractivity (Wildman–Crippen MR) is 76.8 cm³/mol. The number of hydrogen-bond acceptors (Lipinski definition) is 3. The molecule has 19 heavy (non-hydrogen) atoms. The van der Waals surface area contributed by atoms with E-state index < -0.39 is 5.97 Å². The Labute approximate surface area is 117 Å². The average Bonchev–Trinajstić information content (AvgIpc) is 2.30. The number of carbonyl (C=O) groups excluding carboxylic acids is 1. The molecule has 1 amide bonds. The largest absolute Gasteiger partial charge is 0.478 e. The van der Waals surface area contributed by atoms with Gasteiger partial charge in [0.1, 0.15) is 0 Å². The van der Waals surface area contributed by atoms with Crippen molar-refractivity contribution in [3.05, 3.63) is 29.3 Å². The summed E-state index contributed by atoms with van der Waals surface area (Å²) in [5, 5.41) is 11.9. The van der Waals surface area contributed by atoms with Gasteiger partial charge < -0.3 is 10.4 Å². The van der Waals surface area contributed by atoms with Gasteiger partial charge in [0.15, 0.2) is 0 Å². The molecule has 0 aliphatic rings. The standard InChI is InChI=1S/C14H19NO3S/c1-9(2)15-13(16)6-7-19-11-5-4-10(3)12(8-11)14(17)18/h4-5,8-9H,6-7H2,1-3H3,(H,15,16)(H,17,18). The molecule has 0 spiro atoms. The molecule has 2 N–H and O–H groups in total. The van der Waals surface area contributed by atoms with E-state index in [9.17, 15) is 9.59 Å². The minimum absolute atomic E-state index is 0.0214. The molecule has 4 nitrogen and oxygen atoms in total. The molecule has 0 heterocycles. The maximum atomic E-state index is 11.5. The lowest BCUT2D eigenvalue weighted by molar-refractivity contribution is -0.121. The van der Waals surface area contributed by atoms with Crippen molar-refractivity contribution in [2.75, 3.05) is 5.75 Å². The fourth-order valence-electron chi connectivity index (χ4n) is 1.58. The summed E-state index contributed by atoms with van der Waals surface area (Å²) in [5.41, 5.74) is 1.06. The second-order valence-electron chi connectivity index (χ2n) is 4.60. The minimum Gasteiger partial charge on any atom is -0.478 e. The van der Waals surface area contributed by atoms with Crippen LogP contribution in [0.5, 0.6) is 0 Å². The smallest absolute Gasteiger partial charge is 0.335 e. The molecule has 5 heteroatoms. The zero-order valence-electron chi connectivity index (χ0n) is 11.4. The molecular weight excluding hydrogens is 262 g/mol. The van der Waals surface area contributed by atoms with E-state index in [1.54, 1.807) is 19.1 Å². The number of carbonyl (C=O) groups is 2. The molecule has 104 valence electrons. The molecule has 0 unspecified atom stereocenters. The topological polar surface area (TPSA) is 66.4 Å². The van der Waals surface area contributed by atoms with Crippen molar-refractivity contribution in [1.82, 2.24) is 5.32 Å². The van der Waals surface area contributed by atoms with Crippen LogP contribution in [0, 0.1) is 6.92 Å². The van der Waals surface area contributed by atoms with E-state index in [0.29, 0.717) is 17.7 Å². The van der Waals surface area contributed by atoms with Crippen LogP contribution in [-0.2, 0) is 4.79 Å². The first-order valence-electron chi connectivity index (χ1n) is 6.16. The molecule has 0 aliphatic carbocycles. The number of aromatic carboxylic acids is 1. The second kappa shape index (κ2) is 7.19. The number of amides is 1. The first kappa shape index (κ1) is 15.6. The van der Waals surface area contributed by atoms with Gasteiger partial charge >= 0.3 is 5.97 Å². The Morgan fingerprint density at radius 3 is 2.63 bits per heavy atom. The first-order valence-corrected chi connectivity index (χ1v) is 7.15. The van der Waals surface area contributed by atoms with Crippen molar-refractivity contribution in [3.63, 3.8) is 0 Å². The molecule has 0 radical (unpaired) electrons. The van der Waals surface area contributed by atoms with Crippen LogP contribution in [0.4, 0.5) is 0 Å². The third-order valence-corrected chi connectivity index (χ3v) is 3.48. The van der Waals surface area contributed by atoms with Crippen molar-refractivity contribution in [3.8, 4) is 0 Å². The Morgan fingerprint density at radius 1 is 1.37 bits per heavy atom. The molecule has 0 bridgehead atoms. The summed E-state index contributed by atoms with van der Waals surface area (Å²) >= 11 is 1.49. The Kier molecular flexibility index (Phi) is 5.89. The van der Waals surface area contributed by atoms with Gasteiger partial charge in [-0.2, -0.15) is 0 Å². The van der Waals surface area contributed by atoms with Crippen molar-refractivity contribution in [2.24, 2.45) is 0 Å². The van der Waals surface area contributed by atoms with Gasteiger partial charge in [-0.25, -0.2) is 4.79 Å². The van der Waals surface area contributed by atoms with Gasteiger partial charge in [-0.05, 0) is 38.5 Å². The summed E-state index contributed by atoms with van der Waals surface area (Å²) in [4.78, 5) is 23.3. The summed E-state index contributed by atoms with van der Waals surface area (Å²) in [6, 6.07) is 5.48. The maximum Gasteiger partial charge on any atom is 0.335 e. The van der Waals surface area contributed by atoms with Gasteiger partial charge in [-0.15, -0.1) is 11.8 Å². The Hall–Kier alpha value is -1.49. The predicted octanol–water partition coefficient (Wildman–Crippen LogP) is 2.70. The van der Waals surface area contributed by atoms with Crippen LogP contribution in [0.15, 0.2) is 23.1 Å². The summed E-state index contributed by atoms with van der Waals surface area (Å²) < 4.78 is 0. The lowest BCUT2D eigenvalue weighted by atomic mass is 10.1. The highest BCUT2D eigenvalue weighted by atomic mass is 32.2. The van der Waals surface area contributed by atoms with Gasteiger partial charge in [0.2, 0.25) is 5.91 Å². The fourth-order valence-corrected chi connectivity index (χ4v) is 2.47. The van der Waals surface area contributed by atoms with Gasteiger partial charge in [0.05, 0.1) is 5.56 Å². The van der Waals surface area contributed by atoms with E-state index in [4.69, 9.17) is 5.11 Å². The molecule has 0 aromatic heterocycles. The minimum atomic E-state index is -0.919. The van der Waals surface area contributed by atoms with Crippen LogP contribution in [0.2, 0.25) is 0 Å². The van der Waals surface area contributed by atoms with E-state index >= 15 is 0 Å². The van der Waals surface area contributed by atoms with Crippen molar-refractivity contribution >= 4 is 23.6 Å². The molecule has 0 fully saturated rings. The Bertz CT molecular complexity index is 472. The van der Waals surface area contributed by atoms with E-state index in [2.05, 4.69) is 5.32 Å². The second-order valence-corrected chi connectivity index (χ2v) is 5.77. The van der Waals surface area contributed by atoms with Crippen LogP contribution in [0.25, 0.3) is 0 Å². The molecule has 0 saturated heterocycles. The maximum absolute atomic E-state index is 11.5. The summed E-state index contributed by atoms with van der Waals surface area (Å²) in [7, 11) is 0. The molecule has 1 rings (SSSR count). The van der Waals surface area contributed by atoms with Crippen LogP contribution in [0.3, 0.4) is 0 Å². The fraction of sp³-hybridized carbons (Fsp3) is 0.429. The SMILES string of the molecule is Cc1ccc(SCCC(=O)NC(C)C)cc1C(=O)O. The van der Waals surface area contributed by atoms with Gasteiger partial charge in [0.25, 0.3) is 0 Å². The zero-order valence-corrected chi connectivity index (χ0v) is 12.2. The lowest BCUT2D eigenvalue weighted by Crippen LogP contribution is -2.30. The van der Waals surface area contributed by atoms with E-state index in [1.165, 1.54) is 11.8 Å². The molecule has 1 aromatic rings. The third-order valence-electron chi connectivity index (χ3n) is 2.49.